The van der Waals surface area contributed by atoms with Gasteiger partial charge in [-0.15, -0.1) is 0 Å². The molecule has 1 saturated carbocycles. The Morgan fingerprint density at radius 1 is 1.36 bits per heavy atom. The van der Waals surface area contributed by atoms with Gasteiger partial charge >= 0.3 is 0 Å². The number of aromatic nitrogens is 2. The van der Waals surface area contributed by atoms with Crippen LogP contribution >= 0.6 is 0 Å². The molecule has 0 aromatic carbocycles. The van der Waals surface area contributed by atoms with Gasteiger partial charge in [0.15, 0.2) is 0 Å². The number of nitrogens with zero attached hydrogens (tertiary/aromatic N) is 3. The van der Waals surface area contributed by atoms with Crippen LogP contribution in [0.4, 0.5) is 11.6 Å². The zero-order valence-corrected chi connectivity index (χ0v) is 15.4. The zero-order valence-electron chi connectivity index (χ0n) is 15.4. The Labute approximate surface area is 149 Å². The fourth-order valence-electron chi connectivity index (χ4n) is 3.24. The first-order chi connectivity index (χ1) is 12.0. The standard InChI is InChI=1S/C18H29N5O2/c1-12(2)18-14(5-4-8-25-18)22-15-9-16(20-11-19-15)23(3)10-17(24)21-13-6-7-13/h9,11-14,18H,4-8,10H2,1-3H3,(H,21,24)(H,19,20,22). The van der Waals surface area contributed by atoms with Gasteiger partial charge in [0.25, 0.3) is 0 Å². The van der Waals surface area contributed by atoms with Crippen LogP contribution in [0, 0.1) is 5.92 Å². The lowest BCUT2D eigenvalue weighted by Crippen LogP contribution is -2.43. The van der Waals surface area contributed by atoms with Crippen molar-refractivity contribution in [2.75, 3.05) is 30.4 Å². The lowest BCUT2D eigenvalue weighted by molar-refractivity contribution is -0.119. The van der Waals surface area contributed by atoms with Crippen LogP contribution in [0.15, 0.2) is 12.4 Å². The van der Waals surface area contributed by atoms with E-state index in [9.17, 15) is 4.79 Å². The van der Waals surface area contributed by atoms with E-state index in [1.54, 1.807) is 6.33 Å². The summed E-state index contributed by atoms with van der Waals surface area (Å²) in [6.07, 6.45) is 6.05. The molecular weight excluding hydrogens is 318 g/mol. The summed E-state index contributed by atoms with van der Waals surface area (Å²) in [6.45, 7) is 5.49. The average molecular weight is 347 g/mol. The van der Waals surface area contributed by atoms with Gasteiger partial charge in [0.2, 0.25) is 5.91 Å². The normalized spacial score (nSPS) is 23.4. The monoisotopic (exact) mass is 347 g/mol. The van der Waals surface area contributed by atoms with Crippen LogP contribution in [0.25, 0.3) is 0 Å². The van der Waals surface area contributed by atoms with Crippen LogP contribution in [-0.2, 0) is 9.53 Å². The minimum Gasteiger partial charge on any atom is -0.376 e. The Morgan fingerprint density at radius 3 is 2.88 bits per heavy atom. The SMILES string of the molecule is CC(C)C1OCCCC1Nc1cc(N(C)CC(=O)NC2CC2)ncn1. The fraction of sp³-hybridized carbons (Fsp3) is 0.722. The van der Waals surface area contributed by atoms with E-state index >= 15 is 0 Å². The summed E-state index contributed by atoms with van der Waals surface area (Å²) in [5.41, 5.74) is 0. The summed E-state index contributed by atoms with van der Waals surface area (Å²) in [6, 6.07) is 2.53. The Bertz CT molecular complexity index is 591. The molecule has 1 aromatic rings. The highest BCUT2D eigenvalue weighted by molar-refractivity contribution is 5.81. The quantitative estimate of drug-likeness (QED) is 0.783. The molecule has 2 atom stereocenters. The van der Waals surface area contributed by atoms with Gasteiger partial charge in [0.1, 0.15) is 18.0 Å². The van der Waals surface area contributed by atoms with E-state index in [-0.39, 0.29) is 18.1 Å². The van der Waals surface area contributed by atoms with Crippen LogP contribution in [0.2, 0.25) is 0 Å². The van der Waals surface area contributed by atoms with Crippen molar-refractivity contribution in [1.29, 1.82) is 0 Å². The third-order valence-corrected chi connectivity index (χ3v) is 4.72. The molecule has 7 heteroatoms. The van der Waals surface area contributed by atoms with Crippen molar-refractivity contribution in [2.24, 2.45) is 5.92 Å². The van der Waals surface area contributed by atoms with Crippen molar-refractivity contribution in [3.05, 3.63) is 12.4 Å². The van der Waals surface area contributed by atoms with Crippen molar-refractivity contribution in [3.8, 4) is 0 Å². The third kappa shape index (κ3) is 5.04. The molecule has 1 aromatic heterocycles. The predicted molar refractivity (Wildman–Crippen MR) is 97.7 cm³/mol. The second-order valence-corrected chi connectivity index (χ2v) is 7.43. The number of anilines is 2. The fourth-order valence-corrected chi connectivity index (χ4v) is 3.24. The lowest BCUT2D eigenvalue weighted by Gasteiger charge is -2.35. The van der Waals surface area contributed by atoms with Crippen molar-refractivity contribution in [3.63, 3.8) is 0 Å². The number of nitrogens with one attached hydrogen (secondary N) is 2. The highest BCUT2D eigenvalue weighted by atomic mass is 16.5. The molecular formula is C18H29N5O2. The molecule has 2 unspecified atom stereocenters. The largest absolute Gasteiger partial charge is 0.376 e. The van der Waals surface area contributed by atoms with Crippen LogP contribution in [0.5, 0.6) is 0 Å². The molecule has 2 aliphatic rings. The molecule has 0 bridgehead atoms. The minimum atomic E-state index is 0.0404. The number of hydrogen-bond donors (Lipinski definition) is 2. The van der Waals surface area contributed by atoms with E-state index in [0.29, 0.717) is 18.5 Å². The molecule has 2 heterocycles. The summed E-state index contributed by atoms with van der Waals surface area (Å²) >= 11 is 0. The van der Waals surface area contributed by atoms with E-state index in [0.717, 1.165) is 43.9 Å². The number of hydrogen-bond acceptors (Lipinski definition) is 6. The second kappa shape index (κ2) is 7.99. The third-order valence-electron chi connectivity index (χ3n) is 4.72. The summed E-state index contributed by atoms with van der Waals surface area (Å²) in [4.78, 5) is 22.5. The number of amides is 1. The van der Waals surface area contributed by atoms with E-state index < -0.39 is 0 Å². The number of ether oxygens (including phenoxy) is 1. The lowest BCUT2D eigenvalue weighted by atomic mass is 9.94. The smallest absolute Gasteiger partial charge is 0.239 e. The molecule has 1 aliphatic heterocycles. The van der Waals surface area contributed by atoms with E-state index in [1.807, 2.05) is 18.0 Å². The van der Waals surface area contributed by atoms with Crippen molar-refractivity contribution in [1.82, 2.24) is 15.3 Å². The summed E-state index contributed by atoms with van der Waals surface area (Å²) < 4.78 is 5.93. The van der Waals surface area contributed by atoms with E-state index in [1.165, 1.54) is 0 Å². The van der Waals surface area contributed by atoms with Gasteiger partial charge in [0, 0.05) is 25.8 Å². The van der Waals surface area contributed by atoms with Crippen LogP contribution < -0.4 is 15.5 Å². The van der Waals surface area contributed by atoms with Crippen LogP contribution in [-0.4, -0.2) is 54.3 Å². The summed E-state index contributed by atoms with van der Waals surface area (Å²) in [5.74, 6) is 2.01. The highest BCUT2D eigenvalue weighted by Gasteiger charge is 2.29. The average Bonchev–Trinajstić information content (AvgIpc) is 3.39. The van der Waals surface area contributed by atoms with Crippen LogP contribution in [0.3, 0.4) is 0 Å². The molecule has 138 valence electrons. The van der Waals surface area contributed by atoms with Crippen LogP contribution in [0.1, 0.15) is 39.5 Å². The number of carbonyl (C=O) groups excluding carboxylic acids is 1. The maximum Gasteiger partial charge on any atom is 0.239 e. The Balaban J connectivity index is 1.60. The second-order valence-electron chi connectivity index (χ2n) is 7.43. The van der Waals surface area contributed by atoms with Gasteiger partial charge in [0.05, 0.1) is 18.7 Å². The summed E-state index contributed by atoms with van der Waals surface area (Å²) in [5, 5.41) is 6.50. The Hall–Kier alpha value is -1.89. The zero-order chi connectivity index (χ0) is 17.8. The molecule has 2 fully saturated rings. The van der Waals surface area contributed by atoms with Crippen molar-refractivity contribution >= 4 is 17.5 Å². The first kappa shape index (κ1) is 17.9. The van der Waals surface area contributed by atoms with Gasteiger partial charge in [-0.2, -0.15) is 0 Å². The first-order valence-electron chi connectivity index (χ1n) is 9.23. The number of rotatable bonds is 7. The Morgan fingerprint density at radius 2 is 2.16 bits per heavy atom. The first-order valence-corrected chi connectivity index (χ1v) is 9.23. The molecule has 1 saturated heterocycles. The summed E-state index contributed by atoms with van der Waals surface area (Å²) in [7, 11) is 1.87. The molecule has 1 aliphatic carbocycles. The van der Waals surface area contributed by atoms with Gasteiger partial charge in [-0.25, -0.2) is 9.97 Å². The van der Waals surface area contributed by atoms with E-state index in [2.05, 4.69) is 34.4 Å². The maximum absolute atomic E-state index is 12.0. The molecule has 25 heavy (non-hydrogen) atoms. The van der Waals surface area contributed by atoms with Gasteiger partial charge in [-0.1, -0.05) is 13.8 Å². The highest BCUT2D eigenvalue weighted by Crippen LogP contribution is 2.24. The van der Waals surface area contributed by atoms with Gasteiger partial charge in [-0.05, 0) is 31.6 Å². The molecule has 2 N–H and O–H groups in total. The number of likely N-dealkylation sites (N-methyl/N-ethyl adjacent to an activating group) is 1. The van der Waals surface area contributed by atoms with Gasteiger partial charge < -0.3 is 20.3 Å². The predicted octanol–water partition coefficient (Wildman–Crippen LogP) is 1.81. The molecule has 0 spiro atoms. The number of carbonyl (C=O) groups is 1. The van der Waals surface area contributed by atoms with Crippen molar-refractivity contribution in [2.45, 2.75) is 57.7 Å². The molecule has 7 nitrogen and oxygen atoms in total. The van der Waals surface area contributed by atoms with Gasteiger partial charge in [-0.3, -0.25) is 4.79 Å². The van der Waals surface area contributed by atoms with E-state index in [4.69, 9.17) is 4.74 Å². The molecule has 0 radical (unpaired) electrons. The molecule has 1 amide bonds. The topological polar surface area (TPSA) is 79.4 Å². The maximum atomic E-state index is 12.0. The van der Waals surface area contributed by atoms with Crippen molar-refractivity contribution < 1.29 is 9.53 Å². The molecule has 3 rings (SSSR count). The minimum absolute atomic E-state index is 0.0404. The Kier molecular flexibility index (Phi) is 5.73.